The second-order valence-corrected chi connectivity index (χ2v) is 3.60. The first-order valence-electron chi connectivity index (χ1n) is 5.34. The Kier molecular flexibility index (Phi) is 6.92. The van der Waals surface area contributed by atoms with Crippen molar-refractivity contribution < 1.29 is 17.9 Å². The average Bonchev–Trinajstić information content (AvgIpc) is 2.13. The quantitative estimate of drug-likeness (QED) is 0.725. The van der Waals surface area contributed by atoms with Crippen LogP contribution in [-0.4, -0.2) is 24.9 Å². The van der Waals surface area contributed by atoms with Crippen LogP contribution >= 0.6 is 0 Å². The van der Waals surface area contributed by atoms with E-state index in [0.29, 0.717) is 13.0 Å². The zero-order chi connectivity index (χ0) is 11.9. The molecule has 0 amide bonds. The van der Waals surface area contributed by atoms with Crippen LogP contribution in [-0.2, 0) is 4.74 Å². The topological polar surface area (TPSA) is 35.2 Å². The van der Waals surface area contributed by atoms with Crippen molar-refractivity contribution in [2.45, 2.75) is 57.9 Å². The summed E-state index contributed by atoms with van der Waals surface area (Å²) in [5.74, 6) is 0. The molecule has 2 nitrogen and oxygen atoms in total. The van der Waals surface area contributed by atoms with Crippen molar-refractivity contribution in [2.24, 2.45) is 5.73 Å². The Morgan fingerprint density at radius 3 is 2.20 bits per heavy atom. The molecule has 0 aromatic heterocycles. The second kappa shape index (κ2) is 7.06. The van der Waals surface area contributed by atoms with E-state index < -0.39 is 18.6 Å². The van der Waals surface area contributed by atoms with E-state index in [1.165, 1.54) is 0 Å². The summed E-state index contributed by atoms with van der Waals surface area (Å²) in [5.41, 5.74) is 5.67. The molecule has 0 fully saturated rings. The van der Waals surface area contributed by atoms with E-state index in [1.807, 2.05) is 13.8 Å². The third kappa shape index (κ3) is 7.62. The number of halogens is 3. The van der Waals surface area contributed by atoms with Crippen molar-refractivity contribution in [1.29, 1.82) is 0 Å². The minimum atomic E-state index is -4.12. The summed E-state index contributed by atoms with van der Waals surface area (Å²) in [7, 11) is 0. The van der Waals surface area contributed by atoms with Gasteiger partial charge in [0.1, 0.15) is 0 Å². The maximum absolute atomic E-state index is 12.0. The van der Waals surface area contributed by atoms with Crippen molar-refractivity contribution in [3.63, 3.8) is 0 Å². The van der Waals surface area contributed by atoms with Gasteiger partial charge in [-0.3, -0.25) is 0 Å². The van der Waals surface area contributed by atoms with Gasteiger partial charge in [0, 0.05) is 19.1 Å². The Morgan fingerprint density at radius 2 is 1.80 bits per heavy atom. The lowest BCUT2D eigenvalue weighted by Gasteiger charge is -2.23. The van der Waals surface area contributed by atoms with Gasteiger partial charge in [0.2, 0.25) is 0 Å². The van der Waals surface area contributed by atoms with Crippen LogP contribution in [0.15, 0.2) is 0 Å². The molecule has 0 rings (SSSR count). The van der Waals surface area contributed by atoms with E-state index in [4.69, 9.17) is 10.5 Å². The van der Waals surface area contributed by atoms with Crippen molar-refractivity contribution >= 4 is 0 Å². The minimum Gasteiger partial charge on any atom is -0.377 e. The highest BCUT2D eigenvalue weighted by molar-refractivity contribution is 4.74. The molecule has 0 aromatic carbocycles. The molecule has 0 aromatic rings. The summed E-state index contributed by atoms with van der Waals surface area (Å²) in [4.78, 5) is 0. The van der Waals surface area contributed by atoms with Crippen LogP contribution in [0.25, 0.3) is 0 Å². The molecule has 0 aliphatic carbocycles. The van der Waals surface area contributed by atoms with E-state index in [0.717, 1.165) is 6.42 Å². The van der Waals surface area contributed by atoms with Crippen LogP contribution < -0.4 is 5.73 Å². The molecule has 0 aliphatic heterocycles. The monoisotopic (exact) mass is 227 g/mol. The summed E-state index contributed by atoms with van der Waals surface area (Å²) in [6.45, 7) is 4.27. The number of ether oxygens (including phenoxy) is 1. The predicted molar refractivity (Wildman–Crippen MR) is 53.6 cm³/mol. The molecule has 92 valence electrons. The Bertz CT molecular complexity index is 155. The van der Waals surface area contributed by atoms with Gasteiger partial charge in [-0.1, -0.05) is 13.3 Å². The normalized spacial score (nSPS) is 16.4. The predicted octanol–water partition coefficient (Wildman–Crippen LogP) is 2.86. The van der Waals surface area contributed by atoms with Gasteiger partial charge >= 0.3 is 6.18 Å². The molecule has 5 heteroatoms. The Morgan fingerprint density at radius 1 is 1.20 bits per heavy atom. The highest BCUT2D eigenvalue weighted by Gasteiger charge is 2.29. The largest absolute Gasteiger partial charge is 0.389 e. The molecule has 0 saturated carbocycles. The Balaban J connectivity index is 3.96. The van der Waals surface area contributed by atoms with Gasteiger partial charge in [0.05, 0.1) is 6.10 Å². The summed E-state index contributed by atoms with van der Waals surface area (Å²) in [5, 5.41) is 0. The summed E-state index contributed by atoms with van der Waals surface area (Å²) < 4.78 is 41.2. The van der Waals surface area contributed by atoms with Gasteiger partial charge in [0.15, 0.2) is 0 Å². The number of hydrogen-bond acceptors (Lipinski definition) is 2. The number of hydrogen-bond donors (Lipinski definition) is 1. The third-order valence-corrected chi connectivity index (χ3v) is 2.19. The molecule has 0 bridgehead atoms. The smallest absolute Gasteiger partial charge is 0.377 e. The van der Waals surface area contributed by atoms with Crippen molar-refractivity contribution in [2.75, 3.05) is 6.61 Å². The molecule has 0 heterocycles. The molecular weight excluding hydrogens is 207 g/mol. The molecule has 15 heavy (non-hydrogen) atoms. The third-order valence-electron chi connectivity index (χ3n) is 2.19. The lowest BCUT2D eigenvalue weighted by molar-refractivity contribution is -0.138. The second-order valence-electron chi connectivity index (χ2n) is 3.60. The fourth-order valence-electron chi connectivity index (χ4n) is 1.44. The van der Waals surface area contributed by atoms with Gasteiger partial charge < -0.3 is 10.5 Å². The van der Waals surface area contributed by atoms with Crippen molar-refractivity contribution in [3.05, 3.63) is 0 Å². The molecular formula is C10H20F3NO. The SMILES string of the molecule is CCCC(OCC)C(N)CCC(F)(F)F. The van der Waals surface area contributed by atoms with Crippen molar-refractivity contribution in [1.82, 2.24) is 0 Å². The fraction of sp³-hybridized carbons (Fsp3) is 1.00. The van der Waals surface area contributed by atoms with Crippen LogP contribution in [0.1, 0.15) is 39.5 Å². The Hall–Kier alpha value is -0.290. The van der Waals surface area contributed by atoms with E-state index >= 15 is 0 Å². The van der Waals surface area contributed by atoms with E-state index in [9.17, 15) is 13.2 Å². The highest BCUT2D eigenvalue weighted by atomic mass is 19.4. The maximum Gasteiger partial charge on any atom is 0.389 e. The molecule has 0 saturated heterocycles. The van der Waals surface area contributed by atoms with Crippen molar-refractivity contribution in [3.8, 4) is 0 Å². The Labute approximate surface area is 89.0 Å². The van der Waals surface area contributed by atoms with E-state index in [2.05, 4.69) is 0 Å². The highest BCUT2D eigenvalue weighted by Crippen LogP contribution is 2.23. The van der Waals surface area contributed by atoms with E-state index in [1.54, 1.807) is 0 Å². The number of nitrogens with two attached hydrogens (primary N) is 1. The molecule has 0 spiro atoms. The first kappa shape index (κ1) is 14.7. The van der Waals surface area contributed by atoms with Crippen LogP contribution in [0.5, 0.6) is 0 Å². The average molecular weight is 227 g/mol. The number of rotatable bonds is 7. The van der Waals surface area contributed by atoms with Gasteiger partial charge in [-0.25, -0.2) is 0 Å². The lowest BCUT2D eigenvalue weighted by atomic mass is 10.0. The standard InChI is InChI=1S/C10H20F3NO/c1-3-5-9(15-4-2)8(14)6-7-10(11,12)13/h8-9H,3-7,14H2,1-2H3. The zero-order valence-electron chi connectivity index (χ0n) is 9.31. The first-order valence-corrected chi connectivity index (χ1v) is 5.34. The van der Waals surface area contributed by atoms with Crippen LogP contribution in [0.4, 0.5) is 13.2 Å². The molecule has 0 radical (unpaired) electrons. The van der Waals surface area contributed by atoms with Gasteiger partial charge in [-0.2, -0.15) is 13.2 Å². The van der Waals surface area contributed by atoms with Gasteiger partial charge in [0.25, 0.3) is 0 Å². The molecule has 2 atom stereocenters. The first-order chi connectivity index (χ1) is 6.90. The fourth-order valence-corrected chi connectivity index (χ4v) is 1.44. The maximum atomic E-state index is 12.0. The zero-order valence-corrected chi connectivity index (χ0v) is 9.31. The molecule has 2 N–H and O–H groups in total. The summed E-state index contributed by atoms with van der Waals surface area (Å²) >= 11 is 0. The van der Waals surface area contributed by atoms with Crippen LogP contribution in [0.2, 0.25) is 0 Å². The summed E-state index contributed by atoms with van der Waals surface area (Å²) in [6.07, 6.45) is -3.68. The van der Waals surface area contributed by atoms with Crippen LogP contribution in [0.3, 0.4) is 0 Å². The molecule has 0 aliphatic rings. The minimum absolute atomic E-state index is 0.0613. The van der Waals surface area contributed by atoms with Gasteiger partial charge in [-0.15, -0.1) is 0 Å². The summed E-state index contributed by atoms with van der Waals surface area (Å²) in [6, 6.07) is -0.522. The molecule has 2 unspecified atom stereocenters. The van der Waals surface area contributed by atoms with Crippen LogP contribution in [0, 0.1) is 0 Å². The van der Waals surface area contributed by atoms with E-state index in [-0.39, 0.29) is 12.5 Å². The lowest BCUT2D eigenvalue weighted by Crippen LogP contribution is -2.37. The van der Waals surface area contributed by atoms with Gasteiger partial charge in [-0.05, 0) is 19.8 Å². The number of alkyl halides is 3.